The quantitative estimate of drug-likeness (QED) is 0.140. The van der Waals surface area contributed by atoms with Gasteiger partial charge in [0.15, 0.2) is 0 Å². The van der Waals surface area contributed by atoms with E-state index in [2.05, 4.69) is 156 Å². The van der Waals surface area contributed by atoms with E-state index < -0.39 is 8.24 Å². The molecule has 0 saturated heterocycles. The number of rotatable bonds is 4. The van der Waals surface area contributed by atoms with E-state index in [0.29, 0.717) is 5.54 Å². The van der Waals surface area contributed by atoms with Crippen molar-refractivity contribution in [2.24, 2.45) is 11.8 Å². The Morgan fingerprint density at radius 3 is 1.18 bits per heavy atom. The predicted molar refractivity (Wildman–Crippen MR) is 349 cm³/mol. The van der Waals surface area contributed by atoms with Crippen LogP contribution in [-0.2, 0) is 52.4 Å². The number of nitrogens with one attached hydrogen (secondary N) is 1. The topological polar surface area (TPSA) is 26.1 Å². The summed E-state index contributed by atoms with van der Waals surface area (Å²) < 4.78 is 2.67. The maximum absolute atomic E-state index is 4.77. The normalized spacial score (nSPS) is 15.9. The van der Waals surface area contributed by atoms with Gasteiger partial charge in [-0.3, -0.25) is 0 Å². The third-order valence-electron chi connectivity index (χ3n) is 11.3. The smallest absolute Gasteiger partial charge is 0.657 e. The van der Waals surface area contributed by atoms with Crippen LogP contribution in [0.4, 0.5) is 0 Å². The van der Waals surface area contributed by atoms with Crippen LogP contribution in [0.2, 0.25) is 13.1 Å². The summed E-state index contributed by atoms with van der Waals surface area (Å²) >= 11 is 11.2. The van der Waals surface area contributed by atoms with Crippen LogP contribution < -0.4 is 4.98 Å². The first-order chi connectivity index (χ1) is 35.0. The Bertz CT molecular complexity index is 2310. The molecule has 6 aromatic carbocycles. The Hall–Kier alpha value is -3.07. The van der Waals surface area contributed by atoms with Crippen LogP contribution >= 0.6 is 55.0 Å². The average molecular weight is 1360 g/mol. The second-order valence-corrected chi connectivity index (χ2v) is 28.8. The molecular weight excluding hydrogens is 1280 g/mol. The van der Waals surface area contributed by atoms with E-state index in [4.69, 9.17) is 5.32 Å². The maximum Gasteiger partial charge on any atom is 4.00 e. The summed E-state index contributed by atoms with van der Waals surface area (Å²) in [4.78, 5) is 5.40. The van der Waals surface area contributed by atoms with Crippen LogP contribution in [-0.4, -0.2) is 31.1 Å². The molecule has 0 amide bonds. The summed E-state index contributed by atoms with van der Waals surface area (Å²) in [6.45, 7) is 41.6. The molecule has 3 aliphatic rings. The number of halogens is 2. The van der Waals surface area contributed by atoms with Gasteiger partial charge in [0.1, 0.15) is 8.24 Å². The van der Waals surface area contributed by atoms with Crippen LogP contribution in [0.15, 0.2) is 208 Å². The van der Waals surface area contributed by atoms with Gasteiger partial charge in [-0.1, -0.05) is 105 Å². The fraction of sp³-hybridized carbons (Fsp3) is 0.250. The molecule has 7 aromatic rings. The van der Waals surface area contributed by atoms with Gasteiger partial charge in [0.2, 0.25) is 0 Å². The molecule has 1 aromatic heterocycles. The van der Waals surface area contributed by atoms with E-state index in [-0.39, 0.29) is 70.9 Å². The summed E-state index contributed by atoms with van der Waals surface area (Å²) in [5.41, 5.74) is 8.76. The Balaban J connectivity index is 0.000000880. The van der Waals surface area contributed by atoms with E-state index in [9.17, 15) is 0 Å². The zero-order chi connectivity index (χ0) is 54.6. The second kappa shape index (κ2) is 39.3. The van der Waals surface area contributed by atoms with E-state index in [1.807, 2.05) is 205 Å². The number of allylic oxidation sites excluding steroid dienone is 2. The van der Waals surface area contributed by atoms with Crippen molar-refractivity contribution in [2.75, 3.05) is 6.54 Å². The van der Waals surface area contributed by atoms with Gasteiger partial charge < -0.3 is 17.7 Å². The molecule has 2 heterocycles. The van der Waals surface area contributed by atoms with Crippen LogP contribution in [0.5, 0.6) is 0 Å². The van der Waals surface area contributed by atoms with Crippen molar-refractivity contribution in [3.8, 4) is 0 Å². The van der Waals surface area contributed by atoms with Crippen molar-refractivity contribution in [1.82, 2.24) is 4.98 Å². The average Bonchev–Trinajstić information content (AvgIpc) is 4.15. The van der Waals surface area contributed by atoms with Gasteiger partial charge in [0.25, 0.3) is 0 Å². The third kappa shape index (κ3) is 32.1. The van der Waals surface area contributed by atoms with Crippen molar-refractivity contribution in [1.29, 1.82) is 0 Å². The molecule has 4 unspecified atom stereocenters. The van der Waals surface area contributed by atoms with E-state index in [1.165, 1.54) is 32.2 Å². The van der Waals surface area contributed by atoms with Crippen molar-refractivity contribution in [3.63, 3.8) is 0 Å². The maximum atomic E-state index is 4.77. The third-order valence-corrected chi connectivity index (χ3v) is 19.5. The molecule has 0 bridgehead atoms. The SMILES string of the molecule is CC(C)(C)N[Si](C)(C)C1C=Cc2c(Br)csc21.CC(C)(C)[N-]CC1CCC2C(Br)=CSC12.[CH2-]c1ccccc1.[CH2-]c1ccccc1.[CH2-]c1ccccc1.[CH2-]c1ccccc1.[CH2-]c1ccccc1.[CH2-]c1ccccc1.[CH3-].[Zr+4].[Zr+4]. The van der Waals surface area contributed by atoms with Crippen molar-refractivity contribution in [2.45, 2.75) is 89.3 Å². The van der Waals surface area contributed by atoms with Gasteiger partial charge in [-0.15, -0.1) is 108 Å². The molecule has 1 aliphatic heterocycles. The van der Waals surface area contributed by atoms with Crippen LogP contribution in [0.25, 0.3) is 11.4 Å². The Morgan fingerprint density at radius 2 is 0.896 bits per heavy atom. The zero-order valence-electron chi connectivity index (χ0n) is 47.3. The second-order valence-electron chi connectivity index (χ2n) is 20.8. The molecule has 77 heavy (non-hydrogen) atoms. The first-order valence-corrected chi connectivity index (χ1v) is 31.7. The molecule has 4 atom stereocenters. The standard InChI is InChI=1S/C13H20BrNSSi.C12H19BrNS.6C7H7.CH3.2Zr/c1-13(2,3)15-17(4,5)11-7-6-9-10(14)8-16-12(9)11;1-12(2,3)14-6-8-4-5-9-10(13)7-15-11(8)9;6*1-7-5-3-2-4-6-7;;;/h6-8,11,15H,1-5H3;7-9,11H,4-6H2,1-3H3;6*2-6H,1H2;1H3;;/q;8*-1;2*+4. The van der Waals surface area contributed by atoms with E-state index >= 15 is 0 Å². The van der Waals surface area contributed by atoms with Crippen LogP contribution in [0, 0.1) is 60.8 Å². The van der Waals surface area contributed by atoms with Gasteiger partial charge in [-0.2, -0.15) is 148 Å². The molecule has 0 radical (unpaired) electrons. The summed E-state index contributed by atoms with van der Waals surface area (Å²) in [7, 11) is -1.49. The van der Waals surface area contributed by atoms with Crippen molar-refractivity contribution >= 4 is 69.3 Å². The molecule has 1 saturated carbocycles. The van der Waals surface area contributed by atoms with Crippen molar-refractivity contribution < 1.29 is 52.4 Å². The fourth-order valence-electron chi connectivity index (χ4n) is 7.89. The molecule has 1 N–H and O–H groups in total. The van der Waals surface area contributed by atoms with Crippen LogP contribution in [0.1, 0.15) is 104 Å². The van der Waals surface area contributed by atoms with Gasteiger partial charge in [0, 0.05) is 47.0 Å². The number of hydrogen-bond donors (Lipinski definition) is 1. The first-order valence-electron chi connectivity index (χ1n) is 25.2. The van der Waals surface area contributed by atoms with Gasteiger partial charge >= 0.3 is 52.4 Å². The largest absolute Gasteiger partial charge is 4.00 e. The number of benzene rings is 6. The Morgan fingerprint density at radius 1 is 0.558 bits per heavy atom. The number of nitrogens with zero attached hydrogens (tertiary/aromatic N) is 1. The molecular formula is C68H84Br2N2S2SiZr2. The number of thiophene rings is 1. The minimum atomic E-state index is -1.49. The molecule has 404 valence electrons. The number of thioether (sulfide) groups is 1. The predicted octanol–water partition coefficient (Wildman–Crippen LogP) is 20.9. The molecule has 2 aliphatic carbocycles. The van der Waals surface area contributed by atoms with Gasteiger partial charge in [-0.25, -0.2) is 0 Å². The zero-order valence-corrected chi connectivity index (χ0v) is 58.0. The summed E-state index contributed by atoms with van der Waals surface area (Å²) in [6, 6.07) is 59.2. The molecule has 0 spiro atoms. The minimum Gasteiger partial charge on any atom is -0.657 e. The van der Waals surface area contributed by atoms with Gasteiger partial charge in [0.05, 0.1) is 0 Å². The van der Waals surface area contributed by atoms with E-state index in [1.54, 1.807) is 0 Å². The monoisotopic (exact) mass is 1360 g/mol. The molecule has 2 nitrogen and oxygen atoms in total. The number of fused-ring (bicyclic) bond motifs is 2. The minimum absolute atomic E-state index is 0. The summed E-state index contributed by atoms with van der Waals surface area (Å²) in [5, 5.41) is 10.1. The molecule has 9 heteroatoms. The van der Waals surface area contributed by atoms with Gasteiger partial charge in [-0.05, 0) is 54.4 Å². The van der Waals surface area contributed by atoms with Crippen molar-refractivity contribution in [3.05, 3.63) is 306 Å². The van der Waals surface area contributed by atoms with Crippen LogP contribution in [0.3, 0.4) is 0 Å². The fourth-order valence-corrected chi connectivity index (χ4v) is 16.5. The Kier molecular flexibility index (Phi) is 37.8. The molecule has 10 rings (SSSR count). The number of hydrogen-bond acceptors (Lipinski definition) is 3. The summed E-state index contributed by atoms with van der Waals surface area (Å²) in [5.74, 6) is 1.58. The van der Waals surface area contributed by atoms with E-state index in [0.717, 1.165) is 57.0 Å². The Labute approximate surface area is 534 Å². The molecule has 1 fully saturated rings. The first kappa shape index (κ1) is 73.9. The summed E-state index contributed by atoms with van der Waals surface area (Å²) in [6.07, 6.45) is 7.36.